The van der Waals surface area contributed by atoms with Gasteiger partial charge in [-0.25, -0.2) is 0 Å². The van der Waals surface area contributed by atoms with Crippen LogP contribution in [0.5, 0.6) is 5.75 Å². The van der Waals surface area contributed by atoms with Crippen LogP contribution in [-0.2, 0) is 5.41 Å². The van der Waals surface area contributed by atoms with Gasteiger partial charge in [0.2, 0.25) is 0 Å². The third-order valence-electron chi connectivity index (χ3n) is 2.01. The lowest BCUT2D eigenvalue weighted by atomic mass is 9.87. The first-order valence-electron chi connectivity index (χ1n) is 4.83. The molecule has 0 radical (unpaired) electrons. The first-order valence-corrected chi connectivity index (χ1v) is 4.83. The van der Waals surface area contributed by atoms with E-state index in [1.807, 2.05) is 19.1 Å². The molecule has 0 aliphatic carbocycles. The maximum atomic E-state index is 5.39. The average Bonchev–Trinajstić information content (AvgIpc) is 2.02. The summed E-state index contributed by atoms with van der Waals surface area (Å²) < 4.78 is 5.39. The van der Waals surface area contributed by atoms with Gasteiger partial charge >= 0.3 is 0 Å². The van der Waals surface area contributed by atoms with E-state index < -0.39 is 0 Å². The zero-order valence-electron chi connectivity index (χ0n) is 9.42. The number of hydrogen-bond acceptors (Lipinski definition) is 1. The summed E-state index contributed by atoms with van der Waals surface area (Å²) in [4.78, 5) is 0. The van der Waals surface area contributed by atoms with Gasteiger partial charge in [0.1, 0.15) is 5.75 Å². The molecule has 0 fully saturated rings. The molecule has 0 unspecified atom stereocenters. The summed E-state index contributed by atoms with van der Waals surface area (Å²) >= 11 is 0. The second-order valence-electron chi connectivity index (χ2n) is 4.58. The molecule has 1 nitrogen and oxygen atoms in total. The molecule has 14 heavy (non-hydrogen) atoms. The molecule has 1 aromatic rings. The van der Waals surface area contributed by atoms with Crippen LogP contribution in [0.1, 0.15) is 33.3 Å². The van der Waals surface area contributed by atoms with E-state index in [-0.39, 0.29) is 5.41 Å². The molecule has 0 bridgehead atoms. The molecular weight excluding hydrogens is 172 g/mol. The van der Waals surface area contributed by atoms with Crippen LogP contribution in [0.25, 0.3) is 0 Å². The van der Waals surface area contributed by atoms with Crippen molar-refractivity contribution in [2.45, 2.75) is 33.1 Å². The maximum Gasteiger partial charge on any atom is 0.126 e. The van der Waals surface area contributed by atoms with Crippen LogP contribution in [0.4, 0.5) is 0 Å². The van der Waals surface area contributed by atoms with Crippen molar-refractivity contribution in [3.8, 4) is 5.75 Å². The molecule has 1 rings (SSSR count). The van der Waals surface area contributed by atoms with Crippen molar-refractivity contribution in [1.29, 1.82) is 0 Å². The molecule has 0 amide bonds. The van der Waals surface area contributed by atoms with Gasteiger partial charge in [0, 0.05) is 0 Å². The van der Waals surface area contributed by atoms with Crippen molar-refractivity contribution >= 4 is 0 Å². The molecule has 0 spiro atoms. The lowest BCUT2D eigenvalue weighted by molar-refractivity contribution is 0.430. The lowest BCUT2D eigenvalue weighted by Gasteiger charge is -2.19. The third-order valence-corrected chi connectivity index (χ3v) is 2.01. The van der Waals surface area contributed by atoms with E-state index in [2.05, 4.69) is 39.5 Å². The standard InChI is InChI=1S/C13H18O/c1-10(2)14-12-8-6-11(7-9-12)13(3,4)5/h6-9H,1H2,2-5H3. The topological polar surface area (TPSA) is 9.23 Å². The first-order chi connectivity index (χ1) is 6.39. The van der Waals surface area contributed by atoms with E-state index in [1.165, 1.54) is 5.56 Å². The normalized spacial score (nSPS) is 11.1. The minimum Gasteiger partial charge on any atom is -0.463 e. The second-order valence-corrected chi connectivity index (χ2v) is 4.58. The van der Waals surface area contributed by atoms with Gasteiger partial charge < -0.3 is 4.74 Å². The van der Waals surface area contributed by atoms with Crippen LogP contribution in [0.3, 0.4) is 0 Å². The monoisotopic (exact) mass is 190 g/mol. The Morgan fingerprint density at radius 1 is 1.14 bits per heavy atom. The number of hydrogen-bond donors (Lipinski definition) is 0. The summed E-state index contributed by atoms with van der Waals surface area (Å²) in [6.07, 6.45) is 0. The predicted molar refractivity (Wildman–Crippen MR) is 60.6 cm³/mol. The van der Waals surface area contributed by atoms with Gasteiger partial charge in [-0.1, -0.05) is 39.5 Å². The third kappa shape index (κ3) is 2.91. The van der Waals surface area contributed by atoms with E-state index in [1.54, 1.807) is 0 Å². The maximum absolute atomic E-state index is 5.39. The Hall–Kier alpha value is -1.24. The Kier molecular flexibility index (Phi) is 3.00. The van der Waals surface area contributed by atoms with Crippen LogP contribution in [-0.4, -0.2) is 0 Å². The van der Waals surface area contributed by atoms with Crippen LogP contribution < -0.4 is 4.74 Å². The van der Waals surface area contributed by atoms with Crippen LogP contribution in [0.15, 0.2) is 36.6 Å². The molecule has 1 heteroatoms. The fourth-order valence-electron chi connectivity index (χ4n) is 1.22. The van der Waals surface area contributed by atoms with Crippen molar-refractivity contribution in [3.63, 3.8) is 0 Å². The minimum atomic E-state index is 0.196. The Bertz CT molecular complexity index is 314. The van der Waals surface area contributed by atoms with E-state index in [0.29, 0.717) is 5.76 Å². The molecule has 0 aromatic heterocycles. The van der Waals surface area contributed by atoms with Gasteiger partial charge in [-0.15, -0.1) is 0 Å². The van der Waals surface area contributed by atoms with E-state index in [4.69, 9.17) is 4.74 Å². The molecular formula is C13H18O. The molecule has 0 heterocycles. The van der Waals surface area contributed by atoms with Crippen LogP contribution >= 0.6 is 0 Å². The number of benzene rings is 1. The van der Waals surface area contributed by atoms with Crippen molar-refractivity contribution < 1.29 is 4.74 Å². The highest BCUT2D eigenvalue weighted by molar-refractivity contribution is 5.31. The highest BCUT2D eigenvalue weighted by Crippen LogP contribution is 2.24. The van der Waals surface area contributed by atoms with Gasteiger partial charge in [0.25, 0.3) is 0 Å². The minimum absolute atomic E-state index is 0.196. The van der Waals surface area contributed by atoms with Crippen LogP contribution in [0.2, 0.25) is 0 Å². The summed E-state index contributed by atoms with van der Waals surface area (Å²) in [7, 11) is 0. The summed E-state index contributed by atoms with van der Waals surface area (Å²) in [6, 6.07) is 8.15. The molecule has 0 atom stereocenters. The second kappa shape index (κ2) is 3.87. The number of ether oxygens (including phenoxy) is 1. The van der Waals surface area contributed by atoms with Crippen molar-refractivity contribution in [3.05, 3.63) is 42.2 Å². The molecule has 0 aliphatic heterocycles. The van der Waals surface area contributed by atoms with Crippen LogP contribution in [0, 0.1) is 0 Å². The van der Waals surface area contributed by atoms with Gasteiger partial charge in [-0.05, 0) is 30.0 Å². The summed E-state index contributed by atoms with van der Waals surface area (Å²) in [5.74, 6) is 1.57. The van der Waals surface area contributed by atoms with Crippen molar-refractivity contribution in [2.24, 2.45) is 0 Å². The van der Waals surface area contributed by atoms with E-state index in [0.717, 1.165) is 5.75 Å². The van der Waals surface area contributed by atoms with Gasteiger partial charge in [0.05, 0.1) is 5.76 Å². The summed E-state index contributed by atoms with van der Waals surface area (Å²) in [6.45, 7) is 12.1. The largest absolute Gasteiger partial charge is 0.463 e. The Labute approximate surface area is 86.4 Å². The predicted octanol–water partition coefficient (Wildman–Crippen LogP) is 3.90. The molecule has 1 aromatic carbocycles. The molecule has 76 valence electrons. The fourth-order valence-corrected chi connectivity index (χ4v) is 1.22. The van der Waals surface area contributed by atoms with E-state index in [9.17, 15) is 0 Å². The molecule has 0 saturated heterocycles. The highest BCUT2D eigenvalue weighted by atomic mass is 16.5. The molecule has 0 saturated carbocycles. The number of allylic oxidation sites excluding steroid dienone is 1. The molecule has 0 aliphatic rings. The first kappa shape index (κ1) is 10.8. The smallest absolute Gasteiger partial charge is 0.126 e. The van der Waals surface area contributed by atoms with Crippen molar-refractivity contribution in [1.82, 2.24) is 0 Å². The molecule has 0 N–H and O–H groups in total. The highest BCUT2D eigenvalue weighted by Gasteiger charge is 2.12. The Balaban J connectivity index is 2.84. The van der Waals surface area contributed by atoms with Gasteiger partial charge in [0.15, 0.2) is 0 Å². The zero-order valence-corrected chi connectivity index (χ0v) is 9.42. The van der Waals surface area contributed by atoms with E-state index >= 15 is 0 Å². The van der Waals surface area contributed by atoms with Crippen molar-refractivity contribution in [2.75, 3.05) is 0 Å². The quantitative estimate of drug-likeness (QED) is 0.643. The zero-order chi connectivity index (χ0) is 10.8. The average molecular weight is 190 g/mol. The SMILES string of the molecule is C=C(C)Oc1ccc(C(C)(C)C)cc1. The van der Waals surface area contributed by atoms with Gasteiger partial charge in [-0.3, -0.25) is 0 Å². The van der Waals surface area contributed by atoms with Gasteiger partial charge in [-0.2, -0.15) is 0 Å². The Morgan fingerprint density at radius 3 is 2.00 bits per heavy atom. The summed E-state index contributed by atoms with van der Waals surface area (Å²) in [5.41, 5.74) is 1.51. The summed E-state index contributed by atoms with van der Waals surface area (Å²) in [5, 5.41) is 0. The fraction of sp³-hybridized carbons (Fsp3) is 0.385. The lowest BCUT2D eigenvalue weighted by Crippen LogP contribution is -2.10. The Morgan fingerprint density at radius 2 is 1.64 bits per heavy atom. The number of rotatable bonds is 2.